The van der Waals surface area contributed by atoms with Gasteiger partial charge in [-0.2, -0.15) is 4.98 Å². The van der Waals surface area contributed by atoms with Crippen LogP contribution in [0.25, 0.3) is 21.8 Å². The maximum absolute atomic E-state index is 6.34. The fourth-order valence-corrected chi connectivity index (χ4v) is 3.30. The highest BCUT2D eigenvalue weighted by Crippen LogP contribution is 2.34. The molecule has 0 saturated heterocycles. The summed E-state index contributed by atoms with van der Waals surface area (Å²) in [5.41, 5.74) is 9.96. The zero-order valence-electron chi connectivity index (χ0n) is 16.2. The largest absolute Gasteiger partial charge is 0.435 e. The monoisotopic (exact) mass is 394 g/mol. The summed E-state index contributed by atoms with van der Waals surface area (Å²) in [5.74, 6) is 1.28. The topological polar surface area (TPSA) is 98.8 Å². The fourth-order valence-electron chi connectivity index (χ4n) is 3.30. The Balaban J connectivity index is 1.52. The number of para-hydroxylation sites is 2. The number of rotatable bonds is 4. The molecule has 0 bridgehead atoms. The molecule has 0 saturated carbocycles. The van der Waals surface area contributed by atoms with Crippen molar-refractivity contribution in [2.24, 2.45) is 0 Å². The van der Waals surface area contributed by atoms with Crippen LogP contribution in [0.1, 0.15) is 5.69 Å². The molecule has 5 aromatic rings. The molecule has 0 unspecified atom stereocenters. The third kappa shape index (κ3) is 3.22. The van der Waals surface area contributed by atoms with Crippen molar-refractivity contribution in [3.8, 4) is 11.6 Å². The maximum atomic E-state index is 6.34. The summed E-state index contributed by atoms with van der Waals surface area (Å²) >= 11 is 0. The molecule has 0 spiro atoms. The van der Waals surface area contributed by atoms with Crippen LogP contribution in [-0.2, 0) is 0 Å². The third-order valence-electron chi connectivity index (χ3n) is 4.76. The molecule has 30 heavy (non-hydrogen) atoms. The molecule has 3 heterocycles. The summed E-state index contributed by atoms with van der Waals surface area (Å²) in [6, 6.07) is 19.5. The highest BCUT2D eigenvalue weighted by Gasteiger charge is 2.14. The van der Waals surface area contributed by atoms with E-state index in [-0.39, 0.29) is 5.88 Å². The number of nitrogens with zero attached hydrogens (tertiary/aromatic N) is 4. The number of nitrogen functional groups attached to an aromatic ring is 1. The van der Waals surface area contributed by atoms with E-state index in [2.05, 4.69) is 25.3 Å². The highest BCUT2D eigenvalue weighted by molar-refractivity contribution is 5.93. The molecule has 2 aromatic carbocycles. The van der Waals surface area contributed by atoms with E-state index >= 15 is 0 Å². The van der Waals surface area contributed by atoms with Crippen molar-refractivity contribution in [1.29, 1.82) is 0 Å². The second-order valence-electron chi connectivity index (χ2n) is 6.83. The van der Waals surface area contributed by atoms with Gasteiger partial charge in [-0.1, -0.05) is 36.4 Å². The van der Waals surface area contributed by atoms with Gasteiger partial charge in [0.25, 0.3) is 0 Å². The molecule has 7 nitrogen and oxygen atoms in total. The normalized spacial score (nSPS) is 11.0. The van der Waals surface area contributed by atoms with Crippen LogP contribution >= 0.6 is 0 Å². The number of hydrogen-bond acceptors (Lipinski definition) is 7. The van der Waals surface area contributed by atoms with Crippen molar-refractivity contribution in [2.45, 2.75) is 6.92 Å². The summed E-state index contributed by atoms with van der Waals surface area (Å²) in [6.07, 6.45) is 3.14. The van der Waals surface area contributed by atoms with Gasteiger partial charge in [0.15, 0.2) is 11.6 Å². The van der Waals surface area contributed by atoms with Gasteiger partial charge in [0, 0.05) is 22.7 Å². The minimum absolute atomic E-state index is 0.259. The Bertz CT molecular complexity index is 1380. The van der Waals surface area contributed by atoms with E-state index in [4.69, 9.17) is 10.5 Å². The predicted molar refractivity (Wildman–Crippen MR) is 118 cm³/mol. The number of hydrogen-bond donors (Lipinski definition) is 2. The molecule has 0 amide bonds. The van der Waals surface area contributed by atoms with Gasteiger partial charge in [-0.05, 0) is 31.2 Å². The van der Waals surface area contributed by atoms with E-state index in [1.807, 2.05) is 67.6 Å². The van der Waals surface area contributed by atoms with Gasteiger partial charge in [0.05, 0.1) is 11.2 Å². The summed E-state index contributed by atoms with van der Waals surface area (Å²) in [4.78, 5) is 17.6. The van der Waals surface area contributed by atoms with E-state index in [0.717, 1.165) is 33.2 Å². The Morgan fingerprint density at radius 3 is 2.53 bits per heavy atom. The number of aryl methyl sites for hydroxylation is 1. The number of anilines is 3. The van der Waals surface area contributed by atoms with Crippen molar-refractivity contribution >= 4 is 39.0 Å². The Kier molecular flexibility index (Phi) is 4.33. The van der Waals surface area contributed by atoms with Crippen LogP contribution in [0.3, 0.4) is 0 Å². The molecular weight excluding hydrogens is 376 g/mol. The first-order valence-corrected chi connectivity index (χ1v) is 9.44. The molecule has 0 atom stereocenters. The first-order chi connectivity index (χ1) is 14.7. The quantitative estimate of drug-likeness (QED) is 0.442. The minimum atomic E-state index is 0.259. The number of benzene rings is 2. The van der Waals surface area contributed by atoms with E-state index in [9.17, 15) is 0 Å². The van der Waals surface area contributed by atoms with Crippen LogP contribution in [0.4, 0.5) is 17.2 Å². The molecule has 0 aliphatic heterocycles. The van der Waals surface area contributed by atoms with Crippen molar-refractivity contribution in [3.05, 3.63) is 78.9 Å². The number of aromatic nitrogens is 4. The maximum Gasteiger partial charge on any atom is 0.248 e. The van der Waals surface area contributed by atoms with Gasteiger partial charge in [-0.3, -0.25) is 9.97 Å². The van der Waals surface area contributed by atoms with Gasteiger partial charge in [0.2, 0.25) is 5.88 Å². The van der Waals surface area contributed by atoms with Crippen LogP contribution in [-0.4, -0.2) is 19.9 Å². The zero-order valence-corrected chi connectivity index (χ0v) is 16.2. The van der Waals surface area contributed by atoms with Gasteiger partial charge in [-0.25, -0.2) is 4.98 Å². The molecule has 0 aliphatic carbocycles. The van der Waals surface area contributed by atoms with Crippen LogP contribution < -0.4 is 15.8 Å². The average Bonchev–Trinajstić information content (AvgIpc) is 2.77. The second kappa shape index (κ2) is 7.29. The molecule has 3 N–H and O–H groups in total. The fraction of sp³-hybridized carbons (Fsp3) is 0.0435. The first kappa shape index (κ1) is 17.8. The molecule has 0 aliphatic rings. The van der Waals surface area contributed by atoms with Crippen molar-refractivity contribution in [3.63, 3.8) is 0 Å². The van der Waals surface area contributed by atoms with Crippen LogP contribution in [0, 0.1) is 6.92 Å². The van der Waals surface area contributed by atoms with E-state index in [1.165, 1.54) is 6.33 Å². The average molecular weight is 394 g/mol. The Morgan fingerprint density at radius 2 is 1.63 bits per heavy atom. The minimum Gasteiger partial charge on any atom is -0.435 e. The van der Waals surface area contributed by atoms with E-state index < -0.39 is 0 Å². The lowest BCUT2D eigenvalue weighted by atomic mass is 10.1. The Labute approximate surface area is 172 Å². The number of ether oxygens (including phenoxy) is 1. The summed E-state index contributed by atoms with van der Waals surface area (Å²) in [6.45, 7) is 1.96. The van der Waals surface area contributed by atoms with Crippen LogP contribution in [0.2, 0.25) is 0 Å². The van der Waals surface area contributed by atoms with Crippen molar-refractivity contribution < 1.29 is 4.74 Å². The summed E-state index contributed by atoms with van der Waals surface area (Å²) in [7, 11) is 0. The summed E-state index contributed by atoms with van der Waals surface area (Å²) in [5, 5.41) is 5.27. The SMILES string of the molecule is Cc1ccc2cccc(Nc3ncnc(Oc4cccc5cccnc45)c3N)c2n1. The molecule has 3 aromatic heterocycles. The first-order valence-electron chi connectivity index (χ1n) is 9.44. The molecular formula is C23H18N6O. The number of nitrogens with one attached hydrogen (secondary N) is 1. The van der Waals surface area contributed by atoms with Gasteiger partial charge in [0.1, 0.15) is 17.5 Å². The van der Waals surface area contributed by atoms with Gasteiger partial charge in [-0.15, -0.1) is 0 Å². The number of fused-ring (bicyclic) bond motifs is 2. The van der Waals surface area contributed by atoms with E-state index in [0.29, 0.717) is 17.3 Å². The molecule has 7 heteroatoms. The molecule has 0 radical (unpaired) electrons. The van der Waals surface area contributed by atoms with Gasteiger partial charge < -0.3 is 15.8 Å². The Morgan fingerprint density at radius 1 is 0.833 bits per heavy atom. The second-order valence-corrected chi connectivity index (χ2v) is 6.83. The lowest BCUT2D eigenvalue weighted by molar-refractivity contribution is 0.469. The number of pyridine rings is 2. The van der Waals surface area contributed by atoms with Crippen molar-refractivity contribution in [2.75, 3.05) is 11.1 Å². The summed E-state index contributed by atoms with van der Waals surface area (Å²) < 4.78 is 6.01. The van der Waals surface area contributed by atoms with E-state index in [1.54, 1.807) is 6.20 Å². The molecule has 5 rings (SSSR count). The van der Waals surface area contributed by atoms with Crippen LogP contribution in [0.15, 0.2) is 73.2 Å². The predicted octanol–water partition coefficient (Wildman–Crippen LogP) is 5.00. The standard InChI is InChI=1S/C23H18N6O/c1-14-10-11-16-5-2-8-17(20(16)28-14)29-22-19(24)23(27-13-26-22)30-18-9-3-6-15-7-4-12-25-21(15)18/h2-13H,24H2,1H3,(H,26,27,29). The third-order valence-corrected chi connectivity index (χ3v) is 4.76. The number of nitrogens with two attached hydrogens (primary N) is 1. The zero-order chi connectivity index (χ0) is 20.5. The Hall–Kier alpha value is -4.26. The van der Waals surface area contributed by atoms with Crippen molar-refractivity contribution in [1.82, 2.24) is 19.9 Å². The molecule has 0 fully saturated rings. The van der Waals surface area contributed by atoms with Gasteiger partial charge >= 0.3 is 0 Å². The molecule has 146 valence electrons. The van der Waals surface area contributed by atoms with Crippen LogP contribution in [0.5, 0.6) is 11.6 Å². The lowest BCUT2D eigenvalue weighted by Gasteiger charge is -2.13. The highest BCUT2D eigenvalue weighted by atomic mass is 16.5. The lowest BCUT2D eigenvalue weighted by Crippen LogP contribution is -2.04. The smallest absolute Gasteiger partial charge is 0.248 e.